The van der Waals surface area contributed by atoms with Crippen LogP contribution in [0.1, 0.15) is 42.3 Å². The van der Waals surface area contributed by atoms with Crippen LogP contribution in [0.5, 0.6) is 0 Å². The summed E-state index contributed by atoms with van der Waals surface area (Å²) in [6.45, 7) is 8.44. The van der Waals surface area contributed by atoms with Crippen molar-refractivity contribution in [3.8, 4) is 0 Å². The Bertz CT molecular complexity index is 623. The van der Waals surface area contributed by atoms with Gasteiger partial charge in [0.05, 0.1) is 0 Å². The van der Waals surface area contributed by atoms with Crippen molar-refractivity contribution < 1.29 is 4.79 Å². The topological polar surface area (TPSA) is 29.1 Å². The second kappa shape index (κ2) is 5.49. The summed E-state index contributed by atoms with van der Waals surface area (Å²) in [5.41, 5.74) is 3.86. The van der Waals surface area contributed by atoms with Gasteiger partial charge in [0, 0.05) is 11.3 Å². The van der Waals surface area contributed by atoms with Gasteiger partial charge in [-0.1, -0.05) is 45.0 Å². The van der Waals surface area contributed by atoms with E-state index in [0.717, 1.165) is 16.8 Å². The first kappa shape index (κ1) is 14.3. The third-order valence-electron chi connectivity index (χ3n) is 3.27. The van der Waals surface area contributed by atoms with Crippen LogP contribution in [-0.2, 0) is 5.41 Å². The maximum atomic E-state index is 12.3. The van der Waals surface area contributed by atoms with Gasteiger partial charge in [0.1, 0.15) is 0 Å². The first-order chi connectivity index (χ1) is 9.36. The molecule has 0 aliphatic rings. The zero-order valence-corrected chi connectivity index (χ0v) is 12.5. The Labute approximate surface area is 120 Å². The van der Waals surface area contributed by atoms with E-state index in [1.54, 1.807) is 0 Å². The number of hydrogen-bond donors (Lipinski definition) is 1. The zero-order chi connectivity index (χ0) is 14.8. The summed E-state index contributed by atoms with van der Waals surface area (Å²) in [6, 6.07) is 15.6. The monoisotopic (exact) mass is 267 g/mol. The summed E-state index contributed by atoms with van der Waals surface area (Å²) in [7, 11) is 0. The number of carbonyl (C=O) groups is 1. The molecule has 2 aromatic carbocycles. The second-order valence-electron chi connectivity index (χ2n) is 6.15. The second-order valence-corrected chi connectivity index (χ2v) is 6.15. The van der Waals surface area contributed by atoms with Gasteiger partial charge in [0.2, 0.25) is 0 Å². The fourth-order valence-corrected chi connectivity index (χ4v) is 2.05. The Morgan fingerprint density at radius 2 is 1.70 bits per heavy atom. The first-order valence-electron chi connectivity index (χ1n) is 6.85. The molecule has 2 heteroatoms. The molecule has 20 heavy (non-hydrogen) atoms. The highest BCUT2D eigenvalue weighted by Crippen LogP contribution is 2.23. The number of amides is 1. The Morgan fingerprint density at radius 1 is 1.00 bits per heavy atom. The van der Waals surface area contributed by atoms with Gasteiger partial charge in [-0.2, -0.15) is 0 Å². The van der Waals surface area contributed by atoms with E-state index < -0.39 is 0 Å². The average Bonchev–Trinajstić information content (AvgIpc) is 2.38. The summed E-state index contributed by atoms with van der Waals surface area (Å²) in [4.78, 5) is 12.3. The van der Waals surface area contributed by atoms with Crippen molar-refractivity contribution in [1.29, 1.82) is 0 Å². The minimum absolute atomic E-state index is 0.0413. The fourth-order valence-electron chi connectivity index (χ4n) is 2.05. The molecule has 2 aromatic rings. The molecule has 0 bridgehead atoms. The highest BCUT2D eigenvalue weighted by molar-refractivity contribution is 6.04. The number of nitrogens with one attached hydrogen (secondary N) is 1. The molecule has 1 amide bonds. The van der Waals surface area contributed by atoms with E-state index in [4.69, 9.17) is 0 Å². The summed E-state index contributed by atoms with van der Waals surface area (Å²) < 4.78 is 0. The van der Waals surface area contributed by atoms with Crippen molar-refractivity contribution in [3.63, 3.8) is 0 Å². The van der Waals surface area contributed by atoms with Gasteiger partial charge in [-0.15, -0.1) is 0 Å². The van der Waals surface area contributed by atoms with E-state index in [1.807, 2.05) is 49.4 Å². The normalized spacial score (nSPS) is 11.2. The number of anilines is 1. The van der Waals surface area contributed by atoms with Crippen LogP contribution in [0.2, 0.25) is 0 Å². The first-order valence-corrected chi connectivity index (χ1v) is 6.85. The molecule has 0 saturated carbocycles. The molecule has 2 nitrogen and oxygen atoms in total. The Kier molecular flexibility index (Phi) is 3.93. The van der Waals surface area contributed by atoms with Gasteiger partial charge in [-0.25, -0.2) is 0 Å². The lowest BCUT2D eigenvalue weighted by Gasteiger charge is -2.19. The molecular formula is C18H21NO. The van der Waals surface area contributed by atoms with Crippen molar-refractivity contribution >= 4 is 11.6 Å². The predicted molar refractivity (Wildman–Crippen MR) is 84.3 cm³/mol. The molecule has 0 atom stereocenters. The quantitative estimate of drug-likeness (QED) is 0.850. The van der Waals surface area contributed by atoms with Crippen LogP contribution in [0, 0.1) is 6.92 Å². The van der Waals surface area contributed by atoms with Gasteiger partial charge in [-0.3, -0.25) is 4.79 Å². The van der Waals surface area contributed by atoms with Crippen LogP contribution in [-0.4, -0.2) is 5.91 Å². The lowest BCUT2D eigenvalue weighted by Crippen LogP contribution is -2.15. The summed E-state index contributed by atoms with van der Waals surface area (Å²) in [5.74, 6) is -0.0679. The van der Waals surface area contributed by atoms with Crippen molar-refractivity contribution in [2.45, 2.75) is 33.1 Å². The standard InChI is InChI=1S/C18H21NO/c1-13-7-5-10-16(11-13)19-17(20)14-8-6-9-15(12-14)18(2,3)4/h5-12H,1-4H3,(H,19,20). The van der Waals surface area contributed by atoms with Crippen LogP contribution in [0.3, 0.4) is 0 Å². The Balaban J connectivity index is 2.22. The van der Waals surface area contributed by atoms with E-state index in [1.165, 1.54) is 0 Å². The molecule has 1 N–H and O–H groups in total. The summed E-state index contributed by atoms with van der Waals surface area (Å²) in [6.07, 6.45) is 0. The Hall–Kier alpha value is -2.09. The molecule has 0 aromatic heterocycles. The van der Waals surface area contributed by atoms with E-state index in [2.05, 4.69) is 32.2 Å². The number of rotatable bonds is 2. The minimum atomic E-state index is -0.0679. The van der Waals surface area contributed by atoms with Gasteiger partial charge in [-0.05, 0) is 47.7 Å². The Morgan fingerprint density at radius 3 is 2.35 bits per heavy atom. The van der Waals surface area contributed by atoms with Crippen LogP contribution < -0.4 is 5.32 Å². The van der Waals surface area contributed by atoms with E-state index in [-0.39, 0.29) is 11.3 Å². The largest absolute Gasteiger partial charge is 0.322 e. The minimum Gasteiger partial charge on any atom is -0.322 e. The highest BCUT2D eigenvalue weighted by Gasteiger charge is 2.15. The predicted octanol–water partition coefficient (Wildman–Crippen LogP) is 4.54. The molecule has 0 heterocycles. The lowest BCUT2D eigenvalue weighted by atomic mass is 9.86. The van der Waals surface area contributed by atoms with Gasteiger partial charge < -0.3 is 5.32 Å². The van der Waals surface area contributed by atoms with E-state index >= 15 is 0 Å². The third-order valence-corrected chi connectivity index (χ3v) is 3.27. The molecule has 0 spiro atoms. The lowest BCUT2D eigenvalue weighted by molar-refractivity contribution is 0.102. The molecule has 0 aliphatic heterocycles. The average molecular weight is 267 g/mol. The zero-order valence-electron chi connectivity index (χ0n) is 12.5. The van der Waals surface area contributed by atoms with E-state index in [9.17, 15) is 4.79 Å². The van der Waals surface area contributed by atoms with Crippen LogP contribution in [0.25, 0.3) is 0 Å². The van der Waals surface area contributed by atoms with Crippen molar-refractivity contribution in [1.82, 2.24) is 0 Å². The van der Waals surface area contributed by atoms with Crippen molar-refractivity contribution in [2.24, 2.45) is 0 Å². The van der Waals surface area contributed by atoms with Crippen LogP contribution >= 0.6 is 0 Å². The number of hydrogen-bond acceptors (Lipinski definition) is 1. The molecule has 0 unspecified atom stereocenters. The van der Waals surface area contributed by atoms with Gasteiger partial charge >= 0.3 is 0 Å². The summed E-state index contributed by atoms with van der Waals surface area (Å²) >= 11 is 0. The van der Waals surface area contributed by atoms with E-state index in [0.29, 0.717) is 5.56 Å². The fraction of sp³-hybridized carbons (Fsp3) is 0.278. The molecule has 104 valence electrons. The molecule has 2 rings (SSSR count). The molecule has 0 saturated heterocycles. The van der Waals surface area contributed by atoms with Crippen molar-refractivity contribution in [2.75, 3.05) is 5.32 Å². The molecule has 0 fully saturated rings. The number of carbonyl (C=O) groups excluding carboxylic acids is 1. The van der Waals surface area contributed by atoms with Crippen LogP contribution in [0.4, 0.5) is 5.69 Å². The highest BCUT2D eigenvalue weighted by atomic mass is 16.1. The van der Waals surface area contributed by atoms with Crippen molar-refractivity contribution in [3.05, 3.63) is 65.2 Å². The molecule has 0 radical (unpaired) electrons. The molecule has 0 aliphatic carbocycles. The molecular weight excluding hydrogens is 246 g/mol. The maximum absolute atomic E-state index is 12.3. The summed E-state index contributed by atoms with van der Waals surface area (Å²) in [5, 5.41) is 2.94. The smallest absolute Gasteiger partial charge is 0.255 e. The van der Waals surface area contributed by atoms with Gasteiger partial charge in [0.15, 0.2) is 0 Å². The SMILES string of the molecule is Cc1cccc(NC(=O)c2cccc(C(C)(C)C)c2)c1. The van der Waals surface area contributed by atoms with Crippen LogP contribution in [0.15, 0.2) is 48.5 Å². The number of aryl methyl sites for hydroxylation is 1. The maximum Gasteiger partial charge on any atom is 0.255 e. The van der Waals surface area contributed by atoms with Gasteiger partial charge in [0.25, 0.3) is 5.91 Å². The third kappa shape index (κ3) is 3.47. The number of benzene rings is 2.